The quantitative estimate of drug-likeness (QED) is 0.502. The summed E-state index contributed by atoms with van der Waals surface area (Å²) in [5.41, 5.74) is 0.735. The summed E-state index contributed by atoms with van der Waals surface area (Å²) in [5.74, 6) is -0.355. The van der Waals surface area contributed by atoms with Crippen molar-refractivity contribution in [3.63, 3.8) is 0 Å². The largest absolute Gasteiger partial charge is 0.493 e. The Hall–Kier alpha value is -2.77. The molecule has 0 radical (unpaired) electrons. The summed E-state index contributed by atoms with van der Waals surface area (Å²) in [4.78, 5) is 39.2. The molecule has 3 rings (SSSR count). The Bertz CT molecular complexity index is 794. The summed E-state index contributed by atoms with van der Waals surface area (Å²) >= 11 is 0. The van der Waals surface area contributed by atoms with Crippen LogP contribution in [0.3, 0.4) is 0 Å². The molecule has 8 nitrogen and oxygen atoms in total. The summed E-state index contributed by atoms with van der Waals surface area (Å²) in [6, 6.07) is 2.68. The number of rotatable bonds is 9. The molecule has 158 valence electrons. The summed E-state index contributed by atoms with van der Waals surface area (Å²) in [5, 5.41) is 2.92. The molecule has 1 N–H and O–H groups in total. The van der Waals surface area contributed by atoms with E-state index < -0.39 is 18.2 Å². The summed E-state index contributed by atoms with van der Waals surface area (Å²) in [7, 11) is 2.92. The van der Waals surface area contributed by atoms with E-state index >= 15 is 0 Å². The fourth-order valence-electron chi connectivity index (χ4n) is 3.92. The zero-order valence-corrected chi connectivity index (χ0v) is 17.2. The van der Waals surface area contributed by atoms with Crippen LogP contribution in [0.25, 0.3) is 0 Å². The predicted octanol–water partition coefficient (Wildman–Crippen LogP) is 2.56. The number of unbranched alkanes of at least 4 members (excludes halogenated alkanes) is 3. The molecule has 2 amide bonds. The van der Waals surface area contributed by atoms with Crippen LogP contribution in [0.15, 0.2) is 12.1 Å². The molecule has 1 aromatic rings. The molecule has 2 heterocycles. The van der Waals surface area contributed by atoms with Gasteiger partial charge in [0.1, 0.15) is 11.6 Å². The molecule has 2 aliphatic rings. The standard InChI is InChI=1S/C21H28N2O6/c1-4-5-6-7-12-22-19(25)14-9-11-16(24)23(14)20-13-8-10-15(27-2)18(28-3)17(13)21(26)29-20/h8,10,14,20H,4-7,9,11-12H2,1-3H3,(H,22,25)/t14-,20-/m0/s1. The lowest BCUT2D eigenvalue weighted by atomic mass is 10.1. The van der Waals surface area contributed by atoms with E-state index in [2.05, 4.69) is 12.2 Å². The van der Waals surface area contributed by atoms with Gasteiger partial charge in [-0.15, -0.1) is 0 Å². The average molecular weight is 404 g/mol. The first-order chi connectivity index (χ1) is 14.0. The van der Waals surface area contributed by atoms with E-state index in [-0.39, 0.29) is 29.5 Å². The van der Waals surface area contributed by atoms with Crippen molar-refractivity contribution in [2.24, 2.45) is 0 Å². The molecular formula is C21H28N2O6. The maximum absolute atomic E-state index is 12.7. The Morgan fingerprint density at radius 2 is 2.00 bits per heavy atom. The molecule has 0 aliphatic carbocycles. The third kappa shape index (κ3) is 4.02. The van der Waals surface area contributed by atoms with Gasteiger partial charge in [0, 0.05) is 18.5 Å². The second-order valence-corrected chi connectivity index (χ2v) is 7.23. The monoisotopic (exact) mass is 404 g/mol. The molecule has 1 saturated heterocycles. The molecule has 0 saturated carbocycles. The van der Waals surface area contributed by atoms with Crippen molar-refractivity contribution >= 4 is 17.8 Å². The number of hydrogen-bond acceptors (Lipinski definition) is 6. The number of carbonyl (C=O) groups excluding carboxylic acids is 3. The van der Waals surface area contributed by atoms with Gasteiger partial charge in [0.05, 0.1) is 14.2 Å². The number of hydrogen-bond donors (Lipinski definition) is 1. The number of benzene rings is 1. The van der Waals surface area contributed by atoms with Gasteiger partial charge in [0.15, 0.2) is 11.5 Å². The second-order valence-electron chi connectivity index (χ2n) is 7.23. The number of amides is 2. The van der Waals surface area contributed by atoms with Crippen molar-refractivity contribution in [2.45, 2.75) is 57.7 Å². The fraction of sp³-hybridized carbons (Fsp3) is 0.571. The Kier molecular flexibility index (Phi) is 6.61. The summed E-state index contributed by atoms with van der Waals surface area (Å²) in [6.45, 7) is 2.70. The van der Waals surface area contributed by atoms with Gasteiger partial charge in [0.2, 0.25) is 18.0 Å². The van der Waals surface area contributed by atoms with E-state index in [0.29, 0.717) is 24.3 Å². The van der Waals surface area contributed by atoms with Gasteiger partial charge in [-0.3, -0.25) is 14.5 Å². The van der Waals surface area contributed by atoms with Crippen LogP contribution in [0.2, 0.25) is 0 Å². The van der Waals surface area contributed by atoms with Crippen LogP contribution in [-0.4, -0.2) is 49.5 Å². The predicted molar refractivity (Wildman–Crippen MR) is 105 cm³/mol. The first-order valence-corrected chi connectivity index (χ1v) is 10.1. The van der Waals surface area contributed by atoms with Crippen LogP contribution >= 0.6 is 0 Å². The van der Waals surface area contributed by atoms with Gasteiger partial charge in [-0.2, -0.15) is 0 Å². The normalized spacial score (nSPS) is 20.4. The molecule has 1 fully saturated rings. The Morgan fingerprint density at radius 1 is 1.21 bits per heavy atom. The number of nitrogens with zero attached hydrogens (tertiary/aromatic N) is 1. The van der Waals surface area contributed by atoms with Crippen molar-refractivity contribution in [3.8, 4) is 11.5 Å². The summed E-state index contributed by atoms with van der Waals surface area (Å²) < 4.78 is 16.1. The molecule has 0 bridgehead atoms. The Morgan fingerprint density at radius 3 is 2.69 bits per heavy atom. The van der Waals surface area contributed by atoms with Crippen LogP contribution in [0.4, 0.5) is 0 Å². The lowest BCUT2D eigenvalue weighted by Gasteiger charge is -2.29. The van der Waals surface area contributed by atoms with E-state index in [9.17, 15) is 14.4 Å². The van der Waals surface area contributed by atoms with Gasteiger partial charge < -0.3 is 19.5 Å². The maximum Gasteiger partial charge on any atom is 0.344 e. The Balaban J connectivity index is 1.80. The number of fused-ring (bicyclic) bond motifs is 1. The van der Waals surface area contributed by atoms with Gasteiger partial charge in [-0.25, -0.2) is 4.79 Å². The molecule has 2 aliphatic heterocycles. The summed E-state index contributed by atoms with van der Waals surface area (Å²) in [6.07, 6.45) is 3.91. The average Bonchev–Trinajstić information content (AvgIpc) is 3.26. The molecule has 0 unspecified atom stereocenters. The maximum atomic E-state index is 12.7. The van der Waals surface area contributed by atoms with Crippen LogP contribution in [0, 0.1) is 0 Å². The number of likely N-dealkylation sites (tertiary alicyclic amines) is 1. The highest BCUT2D eigenvalue weighted by molar-refractivity contribution is 5.99. The van der Waals surface area contributed by atoms with Gasteiger partial charge in [-0.05, 0) is 25.0 Å². The number of methoxy groups -OCH3 is 2. The third-order valence-corrected chi connectivity index (χ3v) is 5.41. The lowest BCUT2D eigenvalue weighted by molar-refractivity contribution is -0.145. The molecule has 0 spiro atoms. The van der Waals surface area contributed by atoms with Crippen molar-refractivity contribution in [3.05, 3.63) is 23.3 Å². The molecule has 29 heavy (non-hydrogen) atoms. The number of ether oxygens (including phenoxy) is 3. The molecule has 2 atom stereocenters. The number of carbonyl (C=O) groups is 3. The number of nitrogens with one attached hydrogen (secondary N) is 1. The van der Waals surface area contributed by atoms with E-state index in [1.54, 1.807) is 12.1 Å². The highest BCUT2D eigenvalue weighted by Crippen LogP contribution is 2.45. The van der Waals surface area contributed by atoms with E-state index in [4.69, 9.17) is 14.2 Å². The third-order valence-electron chi connectivity index (χ3n) is 5.41. The van der Waals surface area contributed by atoms with Crippen molar-refractivity contribution in [1.82, 2.24) is 10.2 Å². The fourth-order valence-corrected chi connectivity index (χ4v) is 3.92. The van der Waals surface area contributed by atoms with Crippen LogP contribution in [-0.2, 0) is 14.3 Å². The first-order valence-electron chi connectivity index (χ1n) is 10.1. The molecule has 8 heteroatoms. The second kappa shape index (κ2) is 9.15. The smallest absolute Gasteiger partial charge is 0.344 e. The molecule has 0 aromatic heterocycles. The van der Waals surface area contributed by atoms with Gasteiger partial charge in [-0.1, -0.05) is 26.2 Å². The van der Waals surface area contributed by atoms with Crippen molar-refractivity contribution in [1.29, 1.82) is 0 Å². The van der Waals surface area contributed by atoms with Gasteiger partial charge in [0.25, 0.3) is 0 Å². The van der Waals surface area contributed by atoms with Crippen molar-refractivity contribution in [2.75, 3.05) is 20.8 Å². The van der Waals surface area contributed by atoms with E-state index in [0.717, 1.165) is 25.7 Å². The molecular weight excluding hydrogens is 376 g/mol. The van der Waals surface area contributed by atoms with Crippen LogP contribution in [0.5, 0.6) is 11.5 Å². The first kappa shape index (κ1) is 21.0. The number of cyclic esters (lactones) is 1. The van der Waals surface area contributed by atoms with Crippen LogP contribution < -0.4 is 14.8 Å². The highest BCUT2D eigenvalue weighted by atomic mass is 16.6. The van der Waals surface area contributed by atoms with Gasteiger partial charge >= 0.3 is 5.97 Å². The lowest BCUT2D eigenvalue weighted by Crippen LogP contribution is -2.46. The minimum atomic E-state index is -0.942. The number of esters is 1. The van der Waals surface area contributed by atoms with E-state index in [1.807, 2.05) is 0 Å². The topological polar surface area (TPSA) is 94.2 Å². The minimum Gasteiger partial charge on any atom is -0.493 e. The van der Waals surface area contributed by atoms with Crippen LogP contribution in [0.1, 0.15) is 67.6 Å². The molecule has 1 aromatic carbocycles. The SMILES string of the molecule is CCCCCCNC(=O)[C@@H]1CCC(=O)N1[C@H]1OC(=O)c2c1ccc(OC)c2OC. The van der Waals surface area contributed by atoms with E-state index in [1.165, 1.54) is 19.1 Å². The van der Waals surface area contributed by atoms with Crippen molar-refractivity contribution < 1.29 is 28.6 Å². The highest BCUT2D eigenvalue weighted by Gasteiger charge is 2.47. The minimum absolute atomic E-state index is 0.211. The zero-order valence-electron chi connectivity index (χ0n) is 17.2. The Labute approximate surface area is 170 Å². The zero-order chi connectivity index (χ0) is 21.0.